The maximum atomic E-state index is 12.8. The van der Waals surface area contributed by atoms with Crippen LogP contribution in [0.15, 0.2) is 35.5 Å². The van der Waals surface area contributed by atoms with Crippen molar-refractivity contribution in [3.63, 3.8) is 0 Å². The fraction of sp³-hybridized carbons (Fsp3) is 0.593. The molecule has 8 nitrogen and oxygen atoms in total. The third kappa shape index (κ3) is 5.83. The van der Waals surface area contributed by atoms with Crippen LogP contribution < -0.4 is 5.43 Å². The normalized spacial score (nSPS) is 19.2. The molecule has 4 rings (SSSR count). The van der Waals surface area contributed by atoms with Gasteiger partial charge in [-0.05, 0) is 45.2 Å². The summed E-state index contributed by atoms with van der Waals surface area (Å²) in [4.78, 5) is 32.1. The molecule has 0 bridgehead atoms. The summed E-state index contributed by atoms with van der Waals surface area (Å²) >= 11 is 0. The van der Waals surface area contributed by atoms with Gasteiger partial charge in [0.1, 0.15) is 18.0 Å². The monoisotopic (exact) mass is 512 g/mol. The zero-order chi connectivity index (χ0) is 26.3. The topological polar surface area (TPSA) is 78.6 Å². The van der Waals surface area contributed by atoms with Gasteiger partial charge in [0.2, 0.25) is 0 Å². The molecule has 1 aliphatic heterocycles. The van der Waals surface area contributed by atoms with Crippen molar-refractivity contribution in [2.75, 3.05) is 19.7 Å². The summed E-state index contributed by atoms with van der Waals surface area (Å²) in [5, 5.41) is 1.50. The Morgan fingerprint density at radius 3 is 2.61 bits per heavy atom. The summed E-state index contributed by atoms with van der Waals surface area (Å²) < 4.78 is 15.8. The van der Waals surface area contributed by atoms with Crippen LogP contribution in [0.25, 0.3) is 21.9 Å². The van der Waals surface area contributed by atoms with Crippen LogP contribution in [0, 0.1) is 5.92 Å². The molecule has 1 amide bonds. The number of hydrogen-bond donors (Lipinski definition) is 0. The minimum atomic E-state index is -1.16. The van der Waals surface area contributed by atoms with Crippen molar-refractivity contribution in [1.29, 1.82) is 0 Å². The summed E-state index contributed by atoms with van der Waals surface area (Å²) in [6, 6.07) is 4.74. The van der Waals surface area contributed by atoms with Gasteiger partial charge < -0.3 is 23.5 Å². The van der Waals surface area contributed by atoms with Crippen LogP contribution in [0.2, 0.25) is 25.7 Å². The molecule has 1 fully saturated rings. The lowest BCUT2D eigenvalue weighted by atomic mass is 9.92. The molecule has 0 aliphatic carbocycles. The van der Waals surface area contributed by atoms with Crippen LogP contribution in [0.3, 0.4) is 0 Å². The van der Waals surface area contributed by atoms with Gasteiger partial charge in [0.25, 0.3) is 0 Å². The Balaban J connectivity index is 1.68. The first kappa shape index (κ1) is 26.4. The van der Waals surface area contributed by atoms with Gasteiger partial charge in [0, 0.05) is 57.8 Å². The molecule has 3 aromatic rings. The summed E-state index contributed by atoms with van der Waals surface area (Å²) in [5.74, 6) is 0.324. The number of nitrogens with zero attached hydrogens (tertiary/aromatic N) is 4. The summed E-state index contributed by atoms with van der Waals surface area (Å²) in [6.07, 6.45) is 6.08. The zero-order valence-electron chi connectivity index (χ0n) is 22.7. The van der Waals surface area contributed by atoms with Gasteiger partial charge in [0.15, 0.2) is 5.43 Å². The largest absolute Gasteiger partial charge is 0.444 e. The highest BCUT2D eigenvalue weighted by molar-refractivity contribution is 6.76. The molecule has 1 aliphatic rings. The average Bonchev–Trinajstić information content (AvgIpc) is 3.19. The van der Waals surface area contributed by atoms with Crippen LogP contribution in [0.5, 0.6) is 0 Å². The highest BCUT2D eigenvalue weighted by Crippen LogP contribution is 2.33. The van der Waals surface area contributed by atoms with E-state index in [1.54, 1.807) is 17.2 Å². The van der Waals surface area contributed by atoms with Crippen molar-refractivity contribution in [2.45, 2.75) is 78.2 Å². The van der Waals surface area contributed by atoms with Gasteiger partial charge in [-0.25, -0.2) is 9.78 Å². The number of piperidine rings is 1. The van der Waals surface area contributed by atoms with E-state index in [1.165, 1.54) is 0 Å². The molecular weight excluding hydrogens is 472 g/mol. The molecule has 1 saturated heterocycles. The number of amides is 1. The predicted molar refractivity (Wildman–Crippen MR) is 146 cm³/mol. The molecule has 196 valence electrons. The van der Waals surface area contributed by atoms with E-state index in [0.29, 0.717) is 31.1 Å². The molecule has 36 heavy (non-hydrogen) atoms. The molecule has 4 heterocycles. The first-order valence-corrected chi connectivity index (χ1v) is 16.6. The number of aromatic nitrogens is 3. The molecule has 9 heteroatoms. The number of fused-ring (bicyclic) bond motifs is 3. The highest BCUT2D eigenvalue weighted by atomic mass is 28.3. The molecule has 0 aromatic carbocycles. The van der Waals surface area contributed by atoms with Gasteiger partial charge >= 0.3 is 6.09 Å². The Morgan fingerprint density at radius 2 is 1.92 bits per heavy atom. The molecular formula is C27H40N4O4Si. The van der Waals surface area contributed by atoms with Crippen molar-refractivity contribution in [3.05, 3.63) is 40.9 Å². The molecule has 0 saturated carbocycles. The summed E-state index contributed by atoms with van der Waals surface area (Å²) in [7, 11) is -1.16. The zero-order valence-corrected chi connectivity index (χ0v) is 23.7. The Bertz CT molecular complexity index is 1300. The quantitative estimate of drug-likeness (QED) is 0.323. The first-order chi connectivity index (χ1) is 16.8. The van der Waals surface area contributed by atoms with Gasteiger partial charge in [-0.1, -0.05) is 26.6 Å². The van der Waals surface area contributed by atoms with E-state index < -0.39 is 13.7 Å². The maximum absolute atomic E-state index is 12.8. The van der Waals surface area contributed by atoms with E-state index in [0.717, 1.165) is 35.6 Å². The van der Waals surface area contributed by atoms with Crippen LogP contribution >= 0.6 is 0 Å². The van der Waals surface area contributed by atoms with Gasteiger partial charge in [-0.3, -0.25) is 4.79 Å². The van der Waals surface area contributed by atoms with Gasteiger partial charge in [0.05, 0.1) is 16.9 Å². The van der Waals surface area contributed by atoms with Crippen molar-refractivity contribution >= 4 is 36.1 Å². The minimum absolute atomic E-state index is 0.0105. The number of hydrogen-bond acceptors (Lipinski definition) is 5. The van der Waals surface area contributed by atoms with E-state index in [2.05, 4.69) is 36.1 Å². The second-order valence-electron chi connectivity index (χ2n) is 12.2. The van der Waals surface area contributed by atoms with Gasteiger partial charge in [-0.2, -0.15) is 0 Å². The van der Waals surface area contributed by atoms with E-state index in [1.807, 2.05) is 43.8 Å². The molecule has 0 N–H and O–H groups in total. The Hall–Kier alpha value is -2.65. The van der Waals surface area contributed by atoms with Crippen molar-refractivity contribution in [2.24, 2.45) is 5.92 Å². The van der Waals surface area contributed by atoms with Crippen LogP contribution in [-0.2, 0) is 16.2 Å². The minimum Gasteiger partial charge on any atom is -0.444 e. The molecule has 0 radical (unpaired) electrons. The van der Waals surface area contributed by atoms with Crippen LogP contribution in [0.4, 0.5) is 4.79 Å². The lowest BCUT2D eigenvalue weighted by Gasteiger charge is -2.39. The Morgan fingerprint density at radius 1 is 1.17 bits per heavy atom. The maximum Gasteiger partial charge on any atom is 0.410 e. The number of carbonyl (C=O) groups is 1. The average molecular weight is 513 g/mol. The lowest BCUT2D eigenvalue weighted by Crippen LogP contribution is -2.46. The standard InChI is InChI=1S/C27H40N4O4Si/c1-19-8-11-29(26(33)35-27(2,3)4)17-22(19)31-13-10-23(32)21-16-28-25-20(24(21)31)9-12-30(25)18-34-14-15-36(5,6)7/h9-10,12-13,16,19,22H,8,11,14-15,17-18H2,1-7H3/t19-,22+/m1/s1. The van der Waals surface area contributed by atoms with Crippen LogP contribution in [0.1, 0.15) is 40.2 Å². The van der Waals surface area contributed by atoms with E-state index in [-0.39, 0.29) is 17.6 Å². The Kier molecular flexibility index (Phi) is 7.34. The predicted octanol–water partition coefficient (Wildman–Crippen LogP) is 5.48. The van der Waals surface area contributed by atoms with Crippen LogP contribution in [-0.4, -0.2) is 58.5 Å². The molecule has 3 aromatic heterocycles. The fourth-order valence-corrected chi connectivity index (χ4v) is 5.48. The molecule has 0 unspecified atom stereocenters. The third-order valence-electron chi connectivity index (χ3n) is 6.82. The summed E-state index contributed by atoms with van der Waals surface area (Å²) in [5.41, 5.74) is 1.05. The first-order valence-electron chi connectivity index (χ1n) is 12.9. The third-order valence-corrected chi connectivity index (χ3v) is 8.53. The second-order valence-corrected chi connectivity index (χ2v) is 17.9. The number of pyridine rings is 2. The lowest BCUT2D eigenvalue weighted by molar-refractivity contribution is 0.0127. The summed E-state index contributed by atoms with van der Waals surface area (Å²) in [6.45, 7) is 17.2. The molecule has 0 spiro atoms. The Labute approximate surface area is 214 Å². The van der Waals surface area contributed by atoms with E-state index in [4.69, 9.17) is 9.47 Å². The number of likely N-dealkylation sites (tertiary alicyclic amines) is 1. The molecule has 2 atom stereocenters. The number of rotatable bonds is 6. The highest BCUT2D eigenvalue weighted by Gasteiger charge is 2.33. The smallest absolute Gasteiger partial charge is 0.410 e. The number of carbonyl (C=O) groups excluding carboxylic acids is 1. The van der Waals surface area contributed by atoms with Crippen molar-refractivity contribution in [3.8, 4) is 0 Å². The van der Waals surface area contributed by atoms with Crippen molar-refractivity contribution < 1.29 is 14.3 Å². The SMILES string of the molecule is C[C@@H]1CCN(C(=O)OC(C)(C)C)C[C@@H]1n1ccc(=O)c2cnc3c(ccn3COCC[Si](C)(C)C)c21. The van der Waals surface area contributed by atoms with Crippen molar-refractivity contribution in [1.82, 2.24) is 19.0 Å². The second kappa shape index (κ2) is 10.0. The number of ether oxygens (including phenoxy) is 2. The fourth-order valence-electron chi connectivity index (χ4n) is 4.72. The van der Waals surface area contributed by atoms with E-state index in [9.17, 15) is 9.59 Å². The van der Waals surface area contributed by atoms with Gasteiger partial charge in [-0.15, -0.1) is 0 Å². The van der Waals surface area contributed by atoms with E-state index >= 15 is 0 Å².